The highest BCUT2D eigenvalue weighted by atomic mass is 32.2. The fourth-order valence-corrected chi connectivity index (χ4v) is 3.17. The highest BCUT2D eigenvalue weighted by molar-refractivity contribution is 8.00. The number of piperidine rings is 1. The van der Waals surface area contributed by atoms with Gasteiger partial charge in [0.05, 0.1) is 12.1 Å². The van der Waals surface area contributed by atoms with E-state index in [1.807, 2.05) is 10.8 Å². The molecule has 19 heavy (non-hydrogen) atoms. The first-order chi connectivity index (χ1) is 9.34. The van der Waals surface area contributed by atoms with Gasteiger partial charge in [0, 0.05) is 30.7 Å². The predicted molar refractivity (Wildman–Crippen MR) is 78.2 cm³/mol. The smallest absolute Gasteiger partial charge is 0.230 e. The van der Waals surface area contributed by atoms with Gasteiger partial charge < -0.3 is 15.2 Å². The lowest BCUT2D eigenvalue weighted by Gasteiger charge is -2.21. The molecule has 1 amide bonds. The van der Waals surface area contributed by atoms with E-state index < -0.39 is 0 Å². The third-order valence-electron chi connectivity index (χ3n) is 3.21. The van der Waals surface area contributed by atoms with Gasteiger partial charge in [-0.15, -0.1) is 11.8 Å². The van der Waals surface area contributed by atoms with Crippen molar-refractivity contribution in [3.05, 3.63) is 18.7 Å². The minimum atomic E-state index is 0.161. The van der Waals surface area contributed by atoms with Crippen LogP contribution in [-0.2, 0) is 11.3 Å². The maximum atomic E-state index is 11.7. The zero-order valence-electron chi connectivity index (χ0n) is 11.2. The topological polar surface area (TPSA) is 59.0 Å². The number of carbonyl (C=O) groups is 1. The van der Waals surface area contributed by atoms with Gasteiger partial charge in [0.15, 0.2) is 0 Å². The third-order valence-corrected chi connectivity index (χ3v) is 4.58. The first-order valence-corrected chi connectivity index (χ1v) is 7.94. The van der Waals surface area contributed by atoms with Gasteiger partial charge in [-0.25, -0.2) is 4.98 Å². The quantitative estimate of drug-likeness (QED) is 0.729. The Morgan fingerprint density at radius 2 is 2.32 bits per heavy atom. The Morgan fingerprint density at radius 1 is 1.47 bits per heavy atom. The lowest BCUT2D eigenvalue weighted by molar-refractivity contribution is -0.118. The Labute approximate surface area is 118 Å². The number of rotatable bonds is 7. The molecule has 1 aromatic heterocycles. The molecule has 0 radical (unpaired) electrons. The van der Waals surface area contributed by atoms with Crippen molar-refractivity contribution in [2.45, 2.75) is 31.1 Å². The summed E-state index contributed by atoms with van der Waals surface area (Å²) in [6, 6.07) is 0. The second kappa shape index (κ2) is 8.22. The van der Waals surface area contributed by atoms with Crippen molar-refractivity contribution in [3.63, 3.8) is 0 Å². The van der Waals surface area contributed by atoms with Crippen LogP contribution in [0.4, 0.5) is 0 Å². The molecular weight excluding hydrogens is 260 g/mol. The van der Waals surface area contributed by atoms with Crippen molar-refractivity contribution in [1.29, 1.82) is 0 Å². The molecule has 0 aliphatic carbocycles. The molecule has 1 saturated heterocycles. The molecule has 0 spiro atoms. The highest BCUT2D eigenvalue weighted by Crippen LogP contribution is 2.19. The highest BCUT2D eigenvalue weighted by Gasteiger charge is 2.14. The molecule has 1 aromatic rings. The van der Waals surface area contributed by atoms with Crippen LogP contribution in [0.2, 0.25) is 0 Å². The maximum Gasteiger partial charge on any atom is 0.230 e. The van der Waals surface area contributed by atoms with Crippen molar-refractivity contribution >= 4 is 17.7 Å². The number of nitrogens with zero attached hydrogens (tertiary/aromatic N) is 2. The monoisotopic (exact) mass is 282 g/mol. The molecule has 6 heteroatoms. The lowest BCUT2D eigenvalue weighted by atomic mass is 10.2. The van der Waals surface area contributed by atoms with Gasteiger partial charge in [-0.2, -0.15) is 0 Å². The van der Waals surface area contributed by atoms with E-state index in [1.54, 1.807) is 24.3 Å². The number of nitrogens with one attached hydrogen (secondary N) is 2. The fraction of sp³-hybridized carbons (Fsp3) is 0.692. The third kappa shape index (κ3) is 5.65. The minimum Gasteiger partial charge on any atom is -0.355 e. The molecule has 0 unspecified atom stereocenters. The number of aryl methyl sites for hydroxylation is 1. The summed E-state index contributed by atoms with van der Waals surface area (Å²) in [5, 5.41) is 6.96. The molecule has 2 rings (SSSR count). The lowest BCUT2D eigenvalue weighted by Crippen LogP contribution is -2.31. The number of imidazole rings is 1. The Hall–Kier alpha value is -1.01. The summed E-state index contributed by atoms with van der Waals surface area (Å²) in [5.74, 6) is 0.754. The molecule has 2 N–H and O–H groups in total. The van der Waals surface area contributed by atoms with Crippen LogP contribution >= 0.6 is 11.8 Å². The van der Waals surface area contributed by atoms with Crippen molar-refractivity contribution < 1.29 is 4.79 Å². The van der Waals surface area contributed by atoms with Crippen molar-refractivity contribution in [2.24, 2.45) is 0 Å². The molecule has 2 heterocycles. The Balaban J connectivity index is 1.49. The molecule has 1 aliphatic heterocycles. The maximum absolute atomic E-state index is 11.7. The van der Waals surface area contributed by atoms with Crippen LogP contribution < -0.4 is 10.6 Å². The van der Waals surface area contributed by atoms with Gasteiger partial charge in [0.2, 0.25) is 5.91 Å². The standard InChI is InChI=1S/C13H22N4OS/c18-13(10-19-12-2-5-14-6-3-12)16-4-1-8-17-9-7-15-11-17/h7,9,11-12,14H,1-6,8,10H2,(H,16,18). The van der Waals surface area contributed by atoms with E-state index >= 15 is 0 Å². The number of hydrogen-bond donors (Lipinski definition) is 2. The van der Waals surface area contributed by atoms with E-state index in [2.05, 4.69) is 15.6 Å². The van der Waals surface area contributed by atoms with E-state index in [-0.39, 0.29) is 5.91 Å². The summed E-state index contributed by atoms with van der Waals surface area (Å²) in [5.41, 5.74) is 0. The first kappa shape index (κ1) is 14.4. The molecule has 0 atom stereocenters. The van der Waals surface area contributed by atoms with Crippen LogP contribution in [0.3, 0.4) is 0 Å². The second-order valence-electron chi connectivity index (χ2n) is 4.76. The predicted octanol–water partition coefficient (Wildman–Crippen LogP) is 0.875. The molecule has 1 fully saturated rings. The average molecular weight is 282 g/mol. The Morgan fingerprint density at radius 3 is 3.05 bits per heavy atom. The summed E-state index contributed by atoms with van der Waals surface area (Å²) in [6.45, 7) is 3.82. The van der Waals surface area contributed by atoms with E-state index in [4.69, 9.17) is 0 Å². The van der Waals surface area contributed by atoms with E-state index in [1.165, 1.54) is 12.8 Å². The van der Waals surface area contributed by atoms with E-state index in [9.17, 15) is 4.79 Å². The first-order valence-electron chi connectivity index (χ1n) is 6.89. The molecule has 0 aromatic carbocycles. The molecule has 0 bridgehead atoms. The molecule has 0 saturated carbocycles. The van der Waals surface area contributed by atoms with Crippen LogP contribution in [0.5, 0.6) is 0 Å². The molecule has 5 nitrogen and oxygen atoms in total. The zero-order chi connectivity index (χ0) is 13.3. The van der Waals surface area contributed by atoms with Gasteiger partial charge in [0.1, 0.15) is 0 Å². The van der Waals surface area contributed by atoms with Crippen molar-refractivity contribution in [3.8, 4) is 0 Å². The number of thioether (sulfide) groups is 1. The summed E-state index contributed by atoms with van der Waals surface area (Å²) in [6.07, 6.45) is 8.81. The van der Waals surface area contributed by atoms with Gasteiger partial charge >= 0.3 is 0 Å². The Bertz CT molecular complexity index is 363. The zero-order valence-corrected chi connectivity index (χ0v) is 12.0. The molecule has 1 aliphatic rings. The number of hydrogen-bond acceptors (Lipinski definition) is 4. The van der Waals surface area contributed by atoms with Crippen molar-refractivity contribution in [1.82, 2.24) is 20.2 Å². The normalized spacial score (nSPS) is 16.4. The summed E-state index contributed by atoms with van der Waals surface area (Å²) in [7, 11) is 0. The van der Waals surface area contributed by atoms with E-state index in [0.717, 1.165) is 32.6 Å². The van der Waals surface area contributed by atoms with Gasteiger partial charge in [-0.1, -0.05) is 0 Å². The van der Waals surface area contributed by atoms with Gasteiger partial charge in [-0.05, 0) is 32.4 Å². The van der Waals surface area contributed by atoms with Crippen LogP contribution in [0.25, 0.3) is 0 Å². The van der Waals surface area contributed by atoms with Gasteiger partial charge in [-0.3, -0.25) is 4.79 Å². The summed E-state index contributed by atoms with van der Waals surface area (Å²) >= 11 is 1.79. The van der Waals surface area contributed by atoms with Crippen LogP contribution in [-0.4, -0.2) is 46.1 Å². The van der Waals surface area contributed by atoms with Crippen LogP contribution in [0.15, 0.2) is 18.7 Å². The van der Waals surface area contributed by atoms with Crippen molar-refractivity contribution in [2.75, 3.05) is 25.4 Å². The number of amides is 1. The largest absolute Gasteiger partial charge is 0.355 e. The van der Waals surface area contributed by atoms with Crippen LogP contribution in [0, 0.1) is 0 Å². The van der Waals surface area contributed by atoms with E-state index in [0.29, 0.717) is 11.0 Å². The minimum absolute atomic E-state index is 0.161. The average Bonchev–Trinajstić information content (AvgIpc) is 2.96. The Kier molecular flexibility index (Phi) is 6.23. The fourth-order valence-electron chi connectivity index (χ4n) is 2.12. The molecular formula is C13H22N4OS. The molecule has 106 valence electrons. The van der Waals surface area contributed by atoms with Crippen LogP contribution in [0.1, 0.15) is 19.3 Å². The SMILES string of the molecule is O=C(CSC1CCNCC1)NCCCn1ccnc1. The number of aromatic nitrogens is 2. The summed E-state index contributed by atoms with van der Waals surface area (Å²) in [4.78, 5) is 15.7. The second-order valence-corrected chi connectivity index (χ2v) is 6.05. The van der Waals surface area contributed by atoms with Gasteiger partial charge in [0.25, 0.3) is 0 Å². The number of carbonyl (C=O) groups excluding carboxylic acids is 1. The summed E-state index contributed by atoms with van der Waals surface area (Å²) < 4.78 is 2.02.